The fraction of sp³-hybridized carbons (Fsp3) is 0.556. The lowest BCUT2D eigenvalue weighted by molar-refractivity contribution is 0.257. The molecule has 1 fully saturated rings. The molecule has 1 heterocycles. The third kappa shape index (κ3) is 4.25. The molecule has 0 unspecified atom stereocenters. The average Bonchev–Trinajstić information content (AvgIpc) is 3.22. The predicted molar refractivity (Wildman–Crippen MR) is 98.2 cm³/mol. The number of hydrogen-bond donors (Lipinski definition) is 1. The van der Waals surface area contributed by atoms with Crippen molar-refractivity contribution >= 4 is 12.4 Å². The Morgan fingerprint density at radius 2 is 1.96 bits per heavy atom. The molecule has 1 aromatic heterocycles. The van der Waals surface area contributed by atoms with Gasteiger partial charge in [0.1, 0.15) is 0 Å². The Morgan fingerprint density at radius 1 is 1.24 bits per heavy atom. The van der Waals surface area contributed by atoms with E-state index in [2.05, 4.69) is 24.0 Å². The summed E-state index contributed by atoms with van der Waals surface area (Å²) in [6, 6.07) is 5.62. The van der Waals surface area contributed by atoms with Crippen LogP contribution in [0.3, 0.4) is 0 Å². The highest BCUT2D eigenvalue weighted by molar-refractivity contribution is 5.85. The van der Waals surface area contributed by atoms with Crippen LogP contribution in [0.5, 0.6) is 11.5 Å². The minimum Gasteiger partial charge on any atom is -0.493 e. The molecule has 0 atom stereocenters. The highest BCUT2D eigenvalue weighted by Gasteiger charge is 2.36. The molecule has 1 aliphatic rings. The van der Waals surface area contributed by atoms with E-state index in [0.29, 0.717) is 35.7 Å². The Bertz CT molecular complexity index is 697. The first-order valence-electron chi connectivity index (χ1n) is 8.46. The first-order chi connectivity index (χ1) is 11.5. The Labute approximate surface area is 154 Å². The minimum absolute atomic E-state index is 0. The quantitative estimate of drug-likeness (QED) is 0.832. The zero-order valence-corrected chi connectivity index (χ0v) is 15.8. The first kappa shape index (κ1) is 19.5. The molecule has 6 nitrogen and oxygen atoms in total. The smallest absolute Gasteiger partial charge is 0.258 e. The number of nitrogens with two attached hydrogens (primary N) is 1. The van der Waals surface area contributed by atoms with Gasteiger partial charge in [-0.05, 0) is 37.0 Å². The molecule has 3 rings (SSSR count). The number of halogens is 1. The molecule has 7 heteroatoms. The van der Waals surface area contributed by atoms with Gasteiger partial charge in [-0.3, -0.25) is 0 Å². The van der Waals surface area contributed by atoms with Crippen LogP contribution in [-0.2, 0) is 5.54 Å². The number of rotatable bonds is 6. The maximum absolute atomic E-state index is 6.39. The molecule has 0 spiro atoms. The summed E-state index contributed by atoms with van der Waals surface area (Å²) in [5, 5.41) is 4.10. The van der Waals surface area contributed by atoms with E-state index >= 15 is 0 Å². The van der Waals surface area contributed by atoms with Crippen molar-refractivity contribution in [1.82, 2.24) is 10.1 Å². The van der Waals surface area contributed by atoms with Gasteiger partial charge in [-0.25, -0.2) is 0 Å². The number of ether oxygens (including phenoxy) is 2. The van der Waals surface area contributed by atoms with Gasteiger partial charge in [0.25, 0.3) is 5.89 Å². The van der Waals surface area contributed by atoms with Crippen molar-refractivity contribution in [3.8, 4) is 23.0 Å². The number of hydrogen-bond acceptors (Lipinski definition) is 6. The third-order valence-electron chi connectivity index (χ3n) is 4.35. The number of methoxy groups -OCH3 is 1. The normalized spacial score (nSPS) is 15.9. The van der Waals surface area contributed by atoms with Crippen LogP contribution in [0.15, 0.2) is 22.7 Å². The topological polar surface area (TPSA) is 83.4 Å². The monoisotopic (exact) mass is 367 g/mol. The fourth-order valence-electron chi connectivity index (χ4n) is 2.95. The van der Waals surface area contributed by atoms with Crippen LogP contribution in [0.2, 0.25) is 0 Å². The second kappa shape index (κ2) is 8.06. The van der Waals surface area contributed by atoms with Crippen molar-refractivity contribution < 1.29 is 14.0 Å². The van der Waals surface area contributed by atoms with Crippen molar-refractivity contribution in [3.05, 3.63) is 24.0 Å². The second-order valence-corrected chi connectivity index (χ2v) is 6.86. The van der Waals surface area contributed by atoms with Crippen molar-refractivity contribution in [2.75, 3.05) is 13.7 Å². The van der Waals surface area contributed by atoms with Gasteiger partial charge in [-0.2, -0.15) is 4.98 Å². The second-order valence-electron chi connectivity index (χ2n) is 6.86. The summed E-state index contributed by atoms with van der Waals surface area (Å²) in [6.45, 7) is 4.84. The van der Waals surface area contributed by atoms with Gasteiger partial charge >= 0.3 is 0 Å². The highest BCUT2D eigenvalue weighted by atomic mass is 35.5. The average molecular weight is 368 g/mol. The predicted octanol–water partition coefficient (Wildman–Crippen LogP) is 3.93. The molecule has 1 aromatic carbocycles. The SMILES string of the molecule is COc1cc(-c2nc(C3(N)CCCC3)no2)ccc1OCC(C)C.Cl. The van der Waals surface area contributed by atoms with Crippen molar-refractivity contribution in [1.29, 1.82) is 0 Å². The summed E-state index contributed by atoms with van der Waals surface area (Å²) >= 11 is 0. The van der Waals surface area contributed by atoms with Crippen molar-refractivity contribution in [3.63, 3.8) is 0 Å². The molecule has 0 saturated heterocycles. The van der Waals surface area contributed by atoms with Gasteiger partial charge in [0.05, 0.1) is 19.3 Å². The molecule has 0 aliphatic heterocycles. The molecule has 2 aromatic rings. The fourth-order valence-corrected chi connectivity index (χ4v) is 2.95. The van der Waals surface area contributed by atoms with Gasteiger partial charge in [0.2, 0.25) is 0 Å². The van der Waals surface area contributed by atoms with Crippen LogP contribution < -0.4 is 15.2 Å². The van der Waals surface area contributed by atoms with E-state index in [-0.39, 0.29) is 12.4 Å². The van der Waals surface area contributed by atoms with E-state index in [1.165, 1.54) is 0 Å². The Morgan fingerprint density at radius 3 is 2.60 bits per heavy atom. The van der Waals surface area contributed by atoms with Crippen LogP contribution in [-0.4, -0.2) is 23.9 Å². The summed E-state index contributed by atoms with van der Waals surface area (Å²) in [4.78, 5) is 4.51. The standard InChI is InChI=1S/C18H25N3O3.ClH/c1-12(2)11-23-14-7-6-13(10-15(14)22-3)16-20-17(21-24-16)18(19)8-4-5-9-18;/h6-7,10,12H,4-5,8-9,11,19H2,1-3H3;1H. The van der Waals surface area contributed by atoms with Gasteiger partial charge < -0.3 is 19.7 Å². The van der Waals surface area contributed by atoms with E-state index in [0.717, 1.165) is 31.2 Å². The van der Waals surface area contributed by atoms with Gasteiger partial charge in [-0.1, -0.05) is 31.8 Å². The Balaban J connectivity index is 0.00000225. The summed E-state index contributed by atoms with van der Waals surface area (Å²) in [7, 11) is 1.62. The lowest BCUT2D eigenvalue weighted by Gasteiger charge is -2.17. The molecular weight excluding hydrogens is 342 g/mol. The molecule has 2 N–H and O–H groups in total. The highest BCUT2D eigenvalue weighted by Crippen LogP contribution is 2.36. The summed E-state index contributed by atoms with van der Waals surface area (Å²) in [5.41, 5.74) is 6.73. The maximum atomic E-state index is 6.39. The Hall–Kier alpha value is -1.79. The molecule has 25 heavy (non-hydrogen) atoms. The largest absolute Gasteiger partial charge is 0.493 e. The van der Waals surface area contributed by atoms with Crippen LogP contribution >= 0.6 is 12.4 Å². The number of nitrogens with zero attached hydrogens (tertiary/aromatic N) is 2. The Kier molecular flexibility index (Phi) is 6.30. The van der Waals surface area contributed by atoms with E-state index in [1.807, 2.05) is 18.2 Å². The van der Waals surface area contributed by atoms with E-state index in [4.69, 9.17) is 19.7 Å². The van der Waals surface area contributed by atoms with Crippen LogP contribution in [0.1, 0.15) is 45.4 Å². The lowest BCUT2D eigenvalue weighted by Crippen LogP contribution is -2.34. The third-order valence-corrected chi connectivity index (χ3v) is 4.35. The van der Waals surface area contributed by atoms with E-state index in [9.17, 15) is 0 Å². The van der Waals surface area contributed by atoms with Crippen molar-refractivity contribution in [2.45, 2.75) is 45.1 Å². The van der Waals surface area contributed by atoms with Gasteiger partial charge in [0, 0.05) is 5.56 Å². The van der Waals surface area contributed by atoms with Gasteiger partial charge in [0.15, 0.2) is 17.3 Å². The maximum Gasteiger partial charge on any atom is 0.258 e. The van der Waals surface area contributed by atoms with Crippen LogP contribution in [0, 0.1) is 5.92 Å². The zero-order chi connectivity index (χ0) is 17.2. The summed E-state index contributed by atoms with van der Waals surface area (Å²) in [5.74, 6) is 2.85. The molecule has 0 amide bonds. The number of benzene rings is 1. The number of aromatic nitrogens is 2. The molecular formula is C18H26ClN3O3. The minimum atomic E-state index is -0.452. The summed E-state index contributed by atoms with van der Waals surface area (Å²) in [6.07, 6.45) is 4.01. The zero-order valence-electron chi connectivity index (χ0n) is 14.9. The summed E-state index contributed by atoms with van der Waals surface area (Å²) < 4.78 is 16.6. The molecule has 1 aliphatic carbocycles. The van der Waals surface area contributed by atoms with Crippen LogP contribution in [0.4, 0.5) is 0 Å². The lowest BCUT2D eigenvalue weighted by atomic mass is 9.99. The van der Waals surface area contributed by atoms with Crippen LogP contribution in [0.25, 0.3) is 11.5 Å². The van der Waals surface area contributed by atoms with E-state index < -0.39 is 5.54 Å². The van der Waals surface area contributed by atoms with E-state index in [1.54, 1.807) is 7.11 Å². The molecule has 0 radical (unpaired) electrons. The van der Waals surface area contributed by atoms with Crippen molar-refractivity contribution in [2.24, 2.45) is 11.7 Å². The molecule has 0 bridgehead atoms. The van der Waals surface area contributed by atoms with Gasteiger partial charge in [-0.15, -0.1) is 12.4 Å². The molecule has 138 valence electrons. The molecule has 1 saturated carbocycles. The first-order valence-corrected chi connectivity index (χ1v) is 8.46.